The summed E-state index contributed by atoms with van der Waals surface area (Å²) < 4.78 is 0. The molecule has 0 unspecified atom stereocenters. The third-order valence-corrected chi connectivity index (χ3v) is 2.49. The lowest BCUT2D eigenvalue weighted by Gasteiger charge is -2.44. The van der Waals surface area contributed by atoms with E-state index in [1.165, 1.54) is 0 Å². The van der Waals surface area contributed by atoms with E-state index in [0.29, 0.717) is 12.5 Å². The predicted octanol–water partition coefficient (Wildman–Crippen LogP) is 0.224. The highest BCUT2D eigenvalue weighted by Gasteiger charge is 2.38. The van der Waals surface area contributed by atoms with Gasteiger partial charge in [-0.15, -0.1) is 0 Å². The summed E-state index contributed by atoms with van der Waals surface area (Å²) in [4.78, 5) is 0. The fraction of sp³-hybridized carbons (Fsp3) is 1.00. The average molecular weight is 129 g/mol. The van der Waals surface area contributed by atoms with Crippen molar-refractivity contribution in [3.05, 3.63) is 0 Å². The van der Waals surface area contributed by atoms with Gasteiger partial charge < -0.3 is 10.4 Å². The van der Waals surface area contributed by atoms with Crippen LogP contribution >= 0.6 is 0 Å². The van der Waals surface area contributed by atoms with Crippen LogP contribution in [0.15, 0.2) is 0 Å². The van der Waals surface area contributed by atoms with Crippen LogP contribution in [0.5, 0.6) is 0 Å². The monoisotopic (exact) mass is 129 g/mol. The van der Waals surface area contributed by atoms with Gasteiger partial charge in [-0.1, -0.05) is 13.8 Å². The van der Waals surface area contributed by atoms with Crippen LogP contribution in [0.2, 0.25) is 0 Å². The first-order valence-electron chi connectivity index (χ1n) is 3.53. The van der Waals surface area contributed by atoms with Crippen LogP contribution in [0.1, 0.15) is 13.8 Å². The summed E-state index contributed by atoms with van der Waals surface area (Å²) in [6, 6.07) is 0. The lowest BCUT2D eigenvalue weighted by molar-refractivity contribution is 0.0242. The Labute approximate surface area is 56.3 Å². The summed E-state index contributed by atoms with van der Waals surface area (Å²) in [7, 11) is 0. The summed E-state index contributed by atoms with van der Waals surface area (Å²) in [5.74, 6) is 0.601. The Bertz CT molecular complexity index is 91.6. The molecule has 1 rings (SSSR count). The van der Waals surface area contributed by atoms with Gasteiger partial charge in [-0.05, 0) is 5.92 Å². The Morgan fingerprint density at radius 1 is 1.56 bits per heavy atom. The minimum absolute atomic E-state index is 0.208. The standard InChI is InChI=1S/C7H15NO/c1-6(2)7(5-9)3-8-4-7/h6,8-9H,3-5H2,1-2H3. The molecule has 0 atom stereocenters. The normalized spacial score (nSPS) is 24.0. The van der Waals surface area contributed by atoms with Gasteiger partial charge in [-0.25, -0.2) is 0 Å². The van der Waals surface area contributed by atoms with E-state index in [-0.39, 0.29) is 5.41 Å². The molecule has 0 aromatic heterocycles. The Hall–Kier alpha value is -0.0800. The van der Waals surface area contributed by atoms with Crippen LogP contribution < -0.4 is 5.32 Å². The zero-order chi connectivity index (χ0) is 6.91. The Balaban J connectivity index is 2.46. The average Bonchev–Trinajstić information content (AvgIpc) is 1.62. The fourth-order valence-corrected chi connectivity index (χ4v) is 1.15. The van der Waals surface area contributed by atoms with E-state index in [0.717, 1.165) is 13.1 Å². The molecule has 1 fully saturated rings. The van der Waals surface area contributed by atoms with E-state index in [9.17, 15) is 0 Å². The first kappa shape index (κ1) is 7.03. The number of aliphatic hydroxyl groups is 1. The van der Waals surface area contributed by atoms with E-state index in [4.69, 9.17) is 5.11 Å². The van der Waals surface area contributed by atoms with Crippen LogP contribution in [0.3, 0.4) is 0 Å². The van der Waals surface area contributed by atoms with Crippen molar-refractivity contribution >= 4 is 0 Å². The highest BCUT2D eigenvalue weighted by molar-refractivity contribution is 4.93. The van der Waals surface area contributed by atoms with E-state index in [1.54, 1.807) is 0 Å². The van der Waals surface area contributed by atoms with Crippen LogP contribution in [-0.2, 0) is 0 Å². The fourth-order valence-electron chi connectivity index (χ4n) is 1.15. The van der Waals surface area contributed by atoms with Crippen molar-refractivity contribution in [3.8, 4) is 0 Å². The second-order valence-electron chi connectivity index (χ2n) is 3.28. The molecule has 1 heterocycles. The van der Waals surface area contributed by atoms with Crippen molar-refractivity contribution in [1.82, 2.24) is 5.32 Å². The predicted molar refractivity (Wildman–Crippen MR) is 37.2 cm³/mol. The molecule has 0 aromatic rings. The Morgan fingerprint density at radius 3 is 2.11 bits per heavy atom. The van der Waals surface area contributed by atoms with E-state index in [2.05, 4.69) is 19.2 Å². The maximum atomic E-state index is 8.97. The van der Waals surface area contributed by atoms with Gasteiger partial charge in [-0.3, -0.25) is 0 Å². The van der Waals surface area contributed by atoms with Gasteiger partial charge in [0.05, 0.1) is 6.61 Å². The van der Waals surface area contributed by atoms with Crippen molar-refractivity contribution in [3.63, 3.8) is 0 Å². The third kappa shape index (κ3) is 0.970. The van der Waals surface area contributed by atoms with Gasteiger partial charge in [0.1, 0.15) is 0 Å². The molecule has 1 aliphatic rings. The molecule has 2 nitrogen and oxygen atoms in total. The summed E-state index contributed by atoms with van der Waals surface area (Å²) in [6.07, 6.45) is 0. The van der Waals surface area contributed by atoms with Crippen LogP contribution in [-0.4, -0.2) is 24.8 Å². The first-order valence-corrected chi connectivity index (χ1v) is 3.53. The highest BCUT2D eigenvalue weighted by Crippen LogP contribution is 2.30. The number of nitrogens with one attached hydrogen (secondary N) is 1. The van der Waals surface area contributed by atoms with Gasteiger partial charge in [0, 0.05) is 18.5 Å². The Kier molecular flexibility index (Phi) is 1.78. The molecule has 0 saturated carbocycles. The molecular formula is C7H15NO. The number of aliphatic hydroxyl groups excluding tert-OH is 1. The van der Waals surface area contributed by atoms with Crippen LogP contribution in [0.25, 0.3) is 0 Å². The quantitative estimate of drug-likeness (QED) is 0.559. The molecule has 0 bridgehead atoms. The highest BCUT2D eigenvalue weighted by atomic mass is 16.3. The second-order valence-corrected chi connectivity index (χ2v) is 3.28. The lowest BCUT2D eigenvalue weighted by Crippen LogP contribution is -2.58. The number of hydrogen-bond donors (Lipinski definition) is 2. The molecule has 2 N–H and O–H groups in total. The summed E-state index contributed by atoms with van der Waals surface area (Å²) in [5.41, 5.74) is 0.208. The van der Waals surface area contributed by atoms with Crippen molar-refractivity contribution in [2.24, 2.45) is 11.3 Å². The molecule has 9 heavy (non-hydrogen) atoms. The van der Waals surface area contributed by atoms with Crippen LogP contribution in [0, 0.1) is 11.3 Å². The third-order valence-electron chi connectivity index (χ3n) is 2.49. The van der Waals surface area contributed by atoms with E-state index >= 15 is 0 Å². The molecule has 0 radical (unpaired) electrons. The van der Waals surface area contributed by atoms with E-state index in [1.807, 2.05) is 0 Å². The van der Waals surface area contributed by atoms with Gasteiger partial charge in [-0.2, -0.15) is 0 Å². The first-order chi connectivity index (χ1) is 4.21. The summed E-state index contributed by atoms with van der Waals surface area (Å²) >= 11 is 0. The lowest BCUT2D eigenvalue weighted by atomic mass is 9.73. The molecule has 2 heteroatoms. The smallest absolute Gasteiger partial charge is 0.0514 e. The number of hydrogen-bond acceptors (Lipinski definition) is 2. The Morgan fingerprint density at radius 2 is 2.11 bits per heavy atom. The van der Waals surface area contributed by atoms with Crippen molar-refractivity contribution < 1.29 is 5.11 Å². The molecule has 54 valence electrons. The minimum atomic E-state index is 0.208. The van der Waals surface area contributed by atoms with Gasteiger partial charge in [0.15, 0.2) is 0 Å². The minimum Gasteiger partial charge on any atom is -0.396 e. The van der Waals surface area contributed by atoms with Gasteiger partial charge in [0.25, 0.3) is 0 Å². The SMILES string of the molecule is CC(C)C1(CO)CNC1. The van der Waals surface area contributed by atoms with E-state index < -0.39 is 0 Å². The van der Waals surface area contributed by atoms with Crippen molar-refractivity contribution in [2.45, 2.75) is 13.8 Å². The topological polar surface area (TPSA) is 32.3 Å². The summed E-state index contributed by atoms with van der Waals surface area (Å²) in [5, 5.41) is 12.1. The molecule has 0 amide bonds. The van der Waals surface area contributed by atoms with Crippen molar-refractivity contribution in [1.29, 1.82) is 0 Å². The zero-order valence-electron chi connectivity index (χ0n) is 6.15. The van der Waals surface area contributed by atoms with Gasteiger partial charge in [0.2, 0.25) is 0 Å². The molecule has 1 saturated heterocycles. The molecule has 0 aliphatic carbocycles. The zero-order valence-corrected chi connectivity index (χ0v) is 6.15. The summed E-state index contributed by atoms with van der Waals surface area (Å²) in [6.45, 7) is 6.63. The molecule has 0 aromatic carbocycles. The van der Waals surface area contributed by atoms with Crippen LogP contribution in [0.4, 0.5) is 0 Å². The molecule has 1 aliphatic heterocycles. The second kappa shape index (κ2) is 2.27. The van der Waals surface area contributed by atoms with Gasteiger partial charge >= 0.3 is 0 Å². The molecule has 0 spiro atoms. The largest absolute Gasteiger partial charge is 0.396 e. The van der Waals surface area contributed by atoms with Crippen molar-refractivity contribution in [2.75, 3.05) is 19.7 Å². The maximum Gasteiger partial charge on any atom is 0.0514 e. The number of rotatable bonds is 2. The maximum absolute atomic E-state index is 8.97. The molecular weight excluding hydrogens is 114 g/mol.